The van der Waals surface area contributed by atoms with Crippen LogP contribution in [0.3, 0.4) is 0 Å². The fourth-order valence-electron chi connectivity index (χ4n) is 3.46. The van der Waals surface area contributed by atoms with E-state index in [0.29, 0.717) is 17.0 Å². The van der Waals surface area contributed by atoms with E-state index in [2.05, 4.69) is 10.6 Å². The van der Waals surface area contributed by atoms with Crippen LogP contribution in [-0.4, -0.2) is 18.4 Å². The summed E-state index contributed by atoms with van der Waals surface area (Å²) in [6.45, 7) is 7.57. The lowest BCUT2D eigenvalue weighted by Crippen LogP contribution is -2.21. The molecule has 6 nitrogen and oxygen atoms in total. The van der Waals surface area contributed by atoms with Gasteiger partial charge in [0, 0.05) is 16.9 Å². The van der Waals surface area contributed by atoms with Crippen LogP contribution < -0.4 is 15.4 Å². The second-order valence-corrected chi connectivity index (χ2v) is 8.14. The van der Waals surface area contributed by atoms with Crippen molar-refractivity contribution in [3.8, 4) is 11.8 Å². The fourth-order valence-corrected chi connectivity index (χ4v) is 3.46. The van der Waals surface area contributed by atoms with E-state index in [1.807, 2.05) is 70.2 Å². The normalized spacial score (nSPS) is 10.9. The van der Waals surface area contributed by atoms with Crippen molar-refractivity contribution in [1.29, 1.82) is 5.26 Å². The molecule has 0 aromatic heterocycles. The topological polar surface area (TPSA) is 91.2 Å². The van der Waals surface area contributed by atoms with Gasteiger partial charge >= 0.3 is 0 Å². The van der Waals surface area contributed by atoms with Crippen LogP contribution in [0.1, 0.15) is 27.8 Å². The predicted octanol–water partition coefficient (Wildman–Crippen LogP) is 5.48. The van der Waals surface area contributed by atoms with Gasteiger partial charge in [-0.15, -0.1) is 0 Å². The maximum absolute atomic E-state index is 12.7. The van der Waals surface area contributed by atoms with Crippen LogP contribution in [0.5, 0.6) is 5.75 Å². The first-order valence-electron chi connectivity index (χ1n) is 10.9. The summed E-state index contributed by atoms with van der Waals surface area (Å²) < 4.78 is 5.71. The molecule has 0 spiro atoms. The smallest absolute Gasteiger partial charge is 0.266 e. The standard InChI is InChI=1S/C28H27N3O3/c1-18-9-11-24(20(3)13-18)30-27(32)17-34-26-8-6-5-7-22(26)15-23(16-29)28(33)31-25-12-10-19(2)14-21(25)4/h5-15H,17H2,1-4H3,(H,30,32)(H,31,33)/b23-15+. The molecule has 2 amide bonds. The minimum Gasteiger partial charge on any atom is -0.483 e. The van der Waals surface area contributed by atoms with Crippen molar-refractivity contribution in [2.45, 2.75) is 27.7 Å². The maximum Gasteiger partial charge on any atom is 0.266 e. The van der Waals surface area contributed by atoms with Crippen molar-refractivity contribution in [3.63, 3.8) is 0 Å². The van der Waals surface area contributed by atoms with E-state index in [9.17, 15) is 14.9 Å². The van der Waals surface area contributed by atoms with Gasteiger partial charge in [0.25, 0.3) is 11.8 Å². The van der Waals surface area contributed by atoms with Gasteiger partial charge in [0.15, 0.2) is 6.61 Å². The van der Waals surface area contributed by atoms with Gasteiger partial charge in [0.05, 0.1) is 0 Å². The molecule has 2 N–H and O–H groups in total. The van der Waals surface area contributed by atoms with Crippen LogP contribution in [0.15, 0.2) is 66.2 Å². The number of nitrogens with zero attached hydrogens (tertiary/aromatic N) is 1. The molecule has 0 saturated carbocycles. The number of nitrogens with one attached hydrogen (secondary N) is 2. The zero-order valence-electron chi connectivity index (χ0n) is 19.7. The van der Waals surface area contributed by atoms with Crippen LogP contribution >= 0.6 is 0 Å². The Hall–Kier alpha value is -4.37. The molecule has 0 heterocycles. The number of nitriles is 1. The Morgan fingerprint density at radius 3 is 2.06 bits per heavy atom. The van der Waals surface area contributed by atoms with Gasteiger partial charge < -0.3 is 15.4 Å². The molecule has 3 aromatic rings. The number of hydrogen-bond donors (Lipinski definition) is 2. The molecule has 0 aliphatic rings. The highest BCUT2D eigenvalue weighted by molar-refractivity contribution is 6.10. The summed E-state index contributed by atoms with van der Waals surface area (Å²) in [5, 5.41) is 15.2. The molecule has 0 aliphatic heterocycles. The van der Waals surface area contributed by atoms with E-state index in [0.717, 1.165) is 27.9 Å². The van der Waals surface area contributed by atoms with Crippen molar-refractivity contribution >= 4 is 29.3 Å². The highest BCUT2D eigenvalue weighted by Gasteiger charge is 2.13. The zero-order valence-corrected chi connectivity index (χ0v) is 19.7. The number of carbonyl (C=O) groups excluding carboxylic acids is 2. The maximum atomic E-state index is 12.7. The molecule has 0 aliphatic carbocycles. The Kier molecular flexibility index (Phi) is 7.83. The van der Waals surface area contributed by atoms with Gasteiger partial charge in [-0.05, 0) is 63.1 Å². The molecule has 34 heavy (non-hydrogen) atoms. The van der Waals surface area contributed by atoms with Crippen LogP contribution in [0.25, 0.3) is 6.08 Å². The monoisotopic (exact) mass is 453 g/mol. The second-order valence-electron chi connectivity index (χ2n) is 8.14. The molecule has 3 aromatic carbocycles. The third-order valence-corrected chi connectivity index (χ3v) is 5.23. The molecule has 6 heteroatoms. The number of hydrogen-bond acceptors (Lipinski definition) is 4. The average Bonchev–Trinajstić information content (AvgIpc) is 2.80. The number of rotatable bonds is 7. The molecule has 0 bridgehead atoms. The van der Waals surface area contributed by atoms with E-state index in [-0.39, 0.29) is 18.1 Å². The molecule has 172 valence electrons. The lowest BCUT2D eigenvalue weighted by molar-refractivity contribution is -0.118. The SMILES string of the molecule is Cc1ccc(NC(=O)COc2ccccc2/C=C(\C#N)C(=O)Nc2ccc(C)cc2C)c(C)c1. The van der Waals surface area contributed by atoms with Crippen LogP contribution in [-0.2, 0) is 9.59 Å². The number of anilines is 2. The molecule has 0 radical (unpaired) electrons. The summed E-state index contributed by atoms with van der Waals surface area (Å²) in [7, 11) is 0. The van der Waals surface area contributed by atoms with E-state index in [1.54, 1.807) is 24.3 Å². The Balaban J connectivity index is 1.72. The molecule has 0 saturated heterocycles. The first kappa shape index (κ1) is 24.3. The number of aryl methyl sites for hydroxylation is 4. The number of benzene rings is 3. The number of amides is 2. The first-order valence-corrected chi connectivity index (χ1v) is 10.9. The Labute approximate surface area is 199 Å². The van der Waals surface area contributed by atoms with Crippen molar-refractivity contribution < 1.29 is 14.3 Å². The second kappa shape index (κ2) is 11.0. The summed E-state index contributed by atoms with van der Waals surface area (Å²) in [6, 6.07) is 20.3. The Morgan fingerprint density at radius 2 is 1.47 bits per heavy atom. The van der Waals surface area contributed by atoms with Crippen LogP contribution in [0.4, 0.5) is 11.4 Å². The first-order chi connectivity index (χ1) is 16.3. The van der Waals surface area contributed by atoms with Gasteiger partial charge in [-0.25, -0.2) is 0 Å². The fraction of sp³-hybridized carbons (Fsp3) is 0.179. The summed E-state index contributed by atoms with van der Waals surface area (Å²) in [4.78, 5) is 25.1. The minimum atomic E-state index is -0.517. The summed E-state index contributed by atoms with van der Waals surface area (Å²) in [5.41, 5.74) is 5.88. The molecular weight excluding hydrogens is 426 g/mol. The van der Waals surface area contributed by atoms with Crippen molar-refractivity contribution in [3.05, 3.63) is 94.1 Å². The van der Waals surface area contributed by atoms with Gasteiger partial charge in [-0.3, -0.25) is 9.59 Å². The molecule has 3 rings (SSSR count). The van der Waals surface area contributed by atoms with Crippen molar-refractivity contribution in [1.82, 2.24) is 0 Å². The Morgan fingerprint density at radius 1 is 0.882 bits per heavy atom. The number of carbonyl (C=O) groups is 2. The van der Waals surface area contributed by atoms with Gasteiger partial charge in [-0.1, -0.05) is 53.6 Å². The zero-order chi connectivity index (χ0) is 24.7. The van der Waals surface area contributed by atoms with E-state index >= 15 is 0 Å². The van der Waals surface area contributed by atoms with E-state index in [1.165, 1.54) is 6.08 Å². The molecule has 0 fully saturated rings. The van der Waals surface area contributed by atoms with Gasteiger partial charge in [0.2, 0.25) is 0 Å². The third kappa shape index (κ3) is 6.33. The summed E-state index contributed by atoms with van der Waals surface area (Å²) >= 11 is 0. The van der Waals surface area contributed by atoms with Crippen LogP contribution in [0, 0.1) is 39.0 Å². The summed E-state index contributed by atoms with van der Waals surface area (Å²) in [6.07, 6.45) is 1.45. The molecule has 0 unspecified atom stereocenters. The minimum absolute atomic E-state index is 0.0734. The Bertz CT molecular complexity index is 1300. The summed E-state index contributed by atoms with van der Waals surface area (Å²) in [5.74, 6) is -0.430. The largest absolute Gasteiger partial charge is 0.483 e. The van der Waals surface area contributed by atoms with E-state index in [4.69, 9.17) is 4.74 Å². The predicted molar refractivity (Wildman–Crippen MR) is 135 cm³/mol. The molecule has 0 atom stereocenters. The molecular formula is C28H27N3O3. The van der Waals surface area contributed by atoms with Crippen molar-refractivity contribution in [2.24, 2.45) is 0 Å². The quantitative estimate of drug-likeness (QED) is 0.366. The lowest BCUT2D eigenvalue weighted by atomic mass is 10.1. The highest BCUT2D eigenvalue weighted by Crippen LogP contribution is 2.23. The van der Waals surface area contributed by atoms with Gasteiger partial charge in [0.1, 0.15) is 17.4 Å². The average molecular weight is 454 g/mol. The highest BCUT2D eigenvalue weighted by atomic mass is 16.5. The van der Waals surface area contributed by atoms with Gasteiger partial charge in [-0.2, -0.15) is 5.26 Å². The van der Waals surface area contributed by atoms with Crippen molar-refractivity contribution in [2.75, 3.05) is 17.2 Å². The lowest BCUT2D eigenvalue weighted by Gasteiger charge is -2.12. The van der Waals surface area contributed by atoms with E-state index < -0.39 is 5.91 Å². The van der Waals surface area contributed by atoms with Crippen LogP contribution in [0.2, 0.25) is 0 Å². The number of para-hydroxylation sites is 1. The number of ether oxygens (including phenoxy) is 1. The third-order valence-electron chi connectivity index (χ3n) is 5.23.